The van der Waals surface area contributed by atoms with Crippen LogP contribution < -0.4 is 20.3 Å². The van der Waals surface area contributed by atoms with Gasteiger partial charge in [-0.3, -0.25) is 4.99 Å². The number of ether oxygens (including phenoxy) is 2. The second-order valence-corrected chi connectivity index (χ2v) is 7.23. The lowest BCUT2D eigenvalue weighted by atomic mass is 10.1. The number of guanidine groups is 1. The van der Waals surface area contributed by atoms with E-state index in [1.165, 1.54) is 11.3 Å². The first-order valence-electron chi connectivity index (χ1n) is 9.88. The van der Waals surface area contributed by atoms with Crippen LogP contribution in [0.4, 0.5) is 5.69 Å². The van der Waals surface area contributed by atoms with Crippen LogP contribution in [0, 0.1) is 0 Å². The van der Waals surface area contributed by atoms with E-state index in [1.807, 2.05) is 18.2 Å². The molecule has 0 unspecified atom stereocenters. The number of benzene rings is 2. The number of hydrogen-bond donors (Lipinski definition) is 2. The Labute approximate surface area is 177 Å². The Bertz CT molecular complexity index is 805. The van der Waals surface area contributed by atoms with Crippen LogP contribution in [0.1, 0.15) is 11.1 Å². The van der Waals surface area contributed by atoms with E-state index in [4.69, 9.17) is 21.1 Å². The van der Waals surface area contributed by atoms with E-state index in [9.17, 15) is 0 Å². The molecule has 1 aliphatic heterocycles. The Hall–Kier alpha value is -2.44. The van der Waals surface area contributed by atoms with E-state index in [1.54, 1.807) is 14.2 Å². The molecule has 0 amide bonds. The molecular formula is C22H29ClN4O2. The Balaban J connectivity index is 1.44. The topological polar surface area (TPSA) is 58.1 Å². The maximum Gasteiger partial charge on any atom is 0.191 e. The smallest absolute Gasteiger partial charge is 0.191 e. The van der Waals surface area contributed by atoms with Crippen LogP contribution in [-0.4, -0.2) is 53.0 Å². The summed E-state index contributed by atoms with van der Waals surface area (Å²) in [6.45, 7) is 4.95. The molecule has 0 aromatic heterocycles. The molecule has 3 rings (SSSR count). The van der Waals surface area contributed by atoms with Crippen molar-refractivity contribution >= 4 is 23.2 Å². The van der Waals surface area contributed by atoms with Crippen molar-refractivity contribution in [1.82, 2.24) is 10.6 Å². The minimum Gasteiger partial charge on any atom is -0.497 e. The number of rotatable bonds is 7. The summed E-state index contributed by atoms with van der Waals surface area (Å²) in [6.07, 6.45) is 0.803. The second kappa shape index (κ2) is 10.9. The third-order valence-electron chi connectivity index (χ3n) is 4.94. The van der Waals surface area contributed by atoms with E-state index in [-0.39, 0.29) is 0 Å². The normalized spacial score (nSPS) is 14.6. The molecule has 1 heterocycles. The van der Waals surface area contributed by atoms with Crippen LogP contribution in [0.15, 0.2) is 47.5 Å². The zero-order valence-corrected chi connectivity index (χ0v) is 17.8. The largest absolute Gasteiger partial charge is 0.497 e. The van der Waals surface area contributed by atoms with Gasteiger partial charge in [-0.15, -0.1) is 0 Å². The summed E-state index contributed by atoms with van der Waals surface area (Å²) in [7, 11) is 3.41. The number of halogens is 1. The van der Waals surface area contributed by atoms with Gasteiger partial charge in [0.2, 0.25) is 0 Å². The van der Waals surface area contributed by atoms with E-state index < -0.39 is 0 Å². The predicted molar refractivity (Wildman–Crippen MR) is 119 cm³/mol. The summed E-state index contributed by atoms with van der Waals surface area (Å²) >= 11 is 6.30. The molecule has 7 heteroatoms. The van der Waals surface area contributed by atoms with Gasteiger partial charge in [0.05, 0.1) is 20.3 Å². The van der Waals surface area contributed by atoms with Gasteiger partial charge in [0.1, 0.15) is 5.75 Å². The lowest BCUT2D eigenvalue weighted by Gasteiger charge is -2.28. The van der Waals surface area contributed by atoms with Gasteiger partial charge in [0.25, 0.3) is 0 Å². The fourth-order valence-corrected chi connectivity index (χ4v) is 3.49. The molecule has 0 aliphatic carbocycles. The summed E-state index contributed by atoms with van der Waals surface area (Å²) in [5.41, 5.74) is 3.54. The molecule has 6 nitrogen and oxygen atoms in total. The van der Waals surface area contributed by atoms with E-state index in [2.05, 4.69) is 44.8 Å². The molecule has 2 N–H and O–H groups in total. The molecule has 0 atom stereocenters. The fourth-order valence-electron chi connectivity index (χ4n) is 3.23. The number of hydrogen-bond acceptors (Lipinski definition) is 4. The zero-order chi connectivity index (χ0) is 20.5. The van der Waals surface area contributed by atoms with Gasteiger partial charge in [0, 0.05) is 43.9 Å². The number of nitrogens with one attached hydrogen (secondary N) is 2. The van der Waals surface area contributed by atoms with Crippen molar-refractivity contribution in [3.8, 4) is 5.75 Å². The Kier molecular flexibility index (Phi) is 8.02. The van der Waals surface area contributed by atoms with Gasteiger partial charge >= 0.3 is 0 Å². The molecule has 0 radical (unpaired) electrons. The number of morpholine rings is 1. The van der Waals surface area contributed by atoms with Crippen LogP contribution in [0.25, 0.3) is 0 Å². The monoisotopic (exact) mass is 416 g/mol. The van der Waals surface area contributed by atoms with Gasteiger partial charge in [0.15, 0.2) is 5.96 Å². The third-order valence-corrected chi connectivity index (χ3v) is 5.30. The second-order valence-electron chi connectivity index (χ2n) is 6.83. The van der Waals surface area contributed by atoms with Crippen molar-refractivity contribution in [2.45, 2.75) is 13.0 Å². The molecule has 2 aromatic carbocycles. The molecule has 0 bridgehead atoms. The highest BCUT2D eigenvalue weighted by atomic mass is 35.5. The Morgan fingerprint density at radius 2 is 1.90 bits per heavy atom. The van der Waals surface area contributed by atoms with Gasteiger partial charge in [-0.05, 0) is 41.8 Å². The minimum absolute atomic E-state index is 0.715. The number of aliphatic imine (C=N–C) groups is 1. The highest BCUT2D eigenvalue weighted by Gasteiger charge is 2.10. The fraction of sp³-hybridized carbons (Fsp3) is 0.409. The highest BCUT2D eigenvalue weighted by Crippen LogP contribution is 2.22. The maximum absolute atomic E-state index is 6.30. The van der Waals surface area contributed by atoms with Crippen LogP contribution in [0.5, 0.6) is 5.75 Å². The maximum atomic E-state index is 6.30. The average molecular weight is 417 g/mol. The van der Waals surface area contributed by atoms with Gasteiger partial charge in [-0.2, -0.15) is 0 Å². The summed E-state index contributed by atoms with van der Waals surface area (Å²) in [6, 6.07) is 14.4. The SMILES string of the molecule is CN=C(NCCc1ccc(OC)cc1Cl)NCc1ccc(N2CCOCC2)cc1. The Morgan fingerprint density at radius 3 is 2.55 bits per heavy atom. The first kappa shape index (κ1) is 21.3. The third kappa shape index (κ3) is 6.27. The predicted octanol–water partition coefficient (Wildman–Crippen LogP) is 3.09. The zero-order valence-electron chi connectivity index (χ0n) is 17.1. The van der Waals surface area contributed by atoms with Crippen molar-refractivity contribution in [3.63, 3.8) is 0 Å². The molecule has 2 aromatic rings. The lowest BCUT2D eigenvalue weighted by Crippen LogP contribution is -2.38. The highest BCUT2D eigenvalue weighted by molar-refractivity contribution is 6.31. The van der Waals surface area contributed by atoms with Gasteiger partial charge in [-0.1, -0.05) is 29.8 Å². The molecule has 0 saturated carbocycles. The molecule has 1 fully saturated rings. The molecule has 1 saturated heterocycles. The number of nitrogens with zero attached hydrogens (tertiary/aromatic N) is 2. The van der Waals surface area contributed by atoms with Crippen LogP contribution >= 0.6 is 11.6 Å². The van der Waals surface area contributed by atoms with Crippen molar-refractivity contribution < 1.29 is 9.47 Å². The number of methoxy groups -OCH3 is 1. The standard InChI is InChI=1S/C22H29ClN4O2/c1-24-22(25-10-9-18-5-8-20(28-2)15-21(18)23)26-16-17-3-6-19(7-4-17)27-11-13-29-14-12-27/h3-8,15H,9-14,16H2,1-2H3,(H2,24,25,26). The van der Waals surface area contributed by atoms with Crippen LogP contribution in [-0.2, 0) is 17.7 Å². The van der Waals surface area contributed by atoms with Crippen molar-refractivity contribution in [2.24, 2.45) is 4.99 Å². The first-order chi connectivity index (χ1) is 14.2. The average Bonchev–Trinajstić information content (AvgIpc) is 2.78. The summed E-state index contributed by atoms with van der Waals surface area (Å²) < 4.78 is 10.6. The number of anilines is 1. The van der Waals surface area contributed by atoms with E-state index in [0.29, 0.717) is 6.54 Å². The summed E-state index contributed by atoms with van der Waals surface area (Å²) in [5, 5.41) is 7.41. The summed E-state index contributed by atoms with van der Waals surface area (Å²) in [5.74, 6) is 1.54. The molecular weight excluding hydrogens is 388 g/mol. The van der Waals surface area contributed by atoms with Crippen LogP contribution in [0.2, 0.25) is 5.02 Å². The molecule has 156 valence electrons. The van der Waals surface area contributed by atoms with Gasteiger partial charge in [-0.25, -0.2) is 0 Å². The Morgan fingerprint density at radius 1 is 1.14 bits per heavy atom. The molecule has 0 spiro atoms. The van der Waals surface area contributed by atoms with Crippen molar-refractivity contribution in [2.75, 3.05) is 51.9 Å². The van der Waals surface area contributed by atoms with Crippen molar-refractivity contribution in [3.05, 3.63) is 58.6 Å². The first-order valence-corrected chi connectivity index (χ1v) is 10.3. The van der Waals surface area contributed by atoms with E-state index >= 15 is 0 Å². The van der Waals surface area contributed by atoms with Crippen LogP contribution in [0.3, 0.4) is 0 Å². The molecule has 29 heavy (non-hydrogen) atoms. The van der Waals surface area contributed by atoms with Gasteiger partial charge < -0.3 is 25.0 Å². The lowest BCUT2D eigenvalue weighted by molar-refractivity contribution is 0.122. The minimum atomic E-state index is 0.715. The summed E-state index contributed by atoms with van der Waals surface area (Å²) in [4.78, 5) is 6.65. The quantitative estimate of drug-likeness (QED) is 0.536. The van der Waals surface area contributed by atoms with Crippen molar-refractivity contribution in [1.29, 1.82) is 0 Å². The van der Waals surface area contributed by atoms with E-state index in [0.717, 1.165) is 61.6 Å². The molecule has 1 aliphatic rings.